The van der Waals surface area contributed by atoms with E-state index in [1.807, 2.05) is 0 Å². The minimum Gasteiger partial charge on any atom is -0.459 e. The first-order valence-electron chi connectivity index (χ1n) is 9.10. The molecule has 2 bridgehead atoms. The molecular formula is C19H20N2O5S. The minimum absolute atomic E-state index is 0.176. The Morgan fingerprint density at radius 1 is 1.15 bits per heavy atom. The molecule has 5 atom stereocenters. The number of aliphatic hydroxyl groups is 1. The number of nitrogens with zero attached hydrogens (tertiary/aromatic N) is 1. The SMILES string of the molecule is O=C(Nc1ccc(S(=O)(=O)N2C[C@@H]3C[C@H]4C[C@H]3[C@H]2[C@@H]4O)cc1)c1ccco1. The van der Waals surface area contributed by atoms with Crippen LogP contribution in [0.1, 0.15) is 23.4 Å². The fourth-order valence-electron chi connectivity index (χ4n) is 5.08. The summed E-state index contributed by atoms with van der Waals surface area (Å²) in [6, 6.07) is 8.99. The molecule has 0 spiro atoms. The average Bonchev–Trinajstić information content (AvgIpc) is 3.39. The molecule has 2 heterocycles. The van der Waals surface area contributed by atoms with Crippen LogP contribution < -0.4 is 5.32 Å². The van der Waals surface area contributed by atoms with Crippen LogP contribution in [-0.4, -0.2) is 42.4 Å². The monoisotopic (exact) mass is 388 g/mol. The van der Waals surface area contributed by atoms with Crippen molar-refractivity contribution in [1.29, 1.82) is 0 Å². The molecular weight excluding hydrogens is 368 g/mol. The van der Waals surface area contributed by atoms with Gasteiger partial charge in [0, 0.05) is 12.2 Å². The second-order valence-electron chi connectivity index (χ2n) is 7.67. The molecule has 2 saturated carbocycles. The summed E-state index contributed by atoms with van der Waals surface area (Å²) in [5, 5.41) is 13.1. The predicted octanol–water partition coefficient (Wildman–Crippen LogP) is 1.92. The van der Waals surface area contributed by atoms with Crippen molar-refractivity contribution < 1.29 is 22.7 Å². The number of sulfonamides is 1. The Morgan fingerprint density at radius 2 is 1.93 bits per heavy atom. The first-order valence-corrected chi connectivity index (χ1v) is 10.5. The van der Waals surface area contributed by atoms with Crippen LogP contribution in [0.25, 0.3) is 0 Å². The van der Waals surface area contributed by atoms with Gasteiger partial charge in [-0.05, 0) is 67.0 Å². The van der Waals surface area contributed by atoms with E-state index in [0.717, 1.165) is 12.8 Å². The number of carbonyl (C=O) groups is 1. The van der Waals surface area contributed by atoms with Gasteiger partial charge in [-0.2, -0.15) is 4.31 Å². The summed E-state index contributed by atoms with van der Waals surface area (Å²) in [6.07, 6.45) is 2.71. The number of aliphatic hydroxyl groups excluding tert-OH is 1. The van der Waals surface area contributed by atoms with E-state index in [2.05, 4.69) is 5.32 Å². The van der Waals surface area contributed by atoms with Crippen molar-refractivity contribution >= 4 is 21.6 Å². The number of hydrogen-bond donors (Lipinski definition) is 2. The summed E-state index contributed by atoms with van der Waals surface area (Å²) < 4.78 is 32.8. The molecule has 142 valence electrons. The van der Waals surface area contributed by atoms with E-state index in [0.29, 0.717) is 18.2 Å². The van der Waals surface area contributed by atoms with Crippen LogP contribution in [0.15, 0.2) is 52.0 Å². The molecule has 2 N–H and O–H groups in total. The van der Waals surface area contributed by atoms with Gasteiger partial charge in [-0.3, -0.25) is 4.79 Å². The maximum absolute atomic E-state index is 13.1. The number of amides is 1. The average molecular weight is 388 g/mol. The van der Waals surface area contributed by atoms with Gasteiger partial charge in [0.2, 0.25) is 10.0 Å². The van der Waals surface area contributed by atoms with E-state index in [4.69, 9.17) is 4.42 Å². The third-order valence-electron chi connectivity index (χ3n) is 6.27. The third kappa shape index (κ3) is 2.55. The Balaban J connectivity index is 1.36. The van der Waals surface area contributed by atoms with E-state index in [-0.39, 0.29) is 28.5 Å². The highest BCUT2D eigenvalue weighted by molar-refractivity contribution is 7.89. The number of carbonyl (C=O) groups excluding carboxylic acids is 1. The first-order chi connectivity index (χ1) is 12.9. The maximum atomic E-state index is 13.1. The lowest BCUT2D eigenvalue weighted by Crippen LogP contribution is -2.43. The molecule has 3 fully saturated rings. The fourth-order valence-corrected chi connectivity index (χ4v) is 6.82. The molecule has 27 heavy (non-hydrogen) atoms. The topological polar surface area (TPSA) is 99.9 Å². The van der Waals surface area contributed by atoms with Crippen LogP contribution in [0.5, 0.6) is 0 Å². The van der Waals surface area contributed by atoms with Crippen molar-refractivity contribution in [3.05, 3.63) is 48.4 Å². The number of anilines is 1. The van der Waals surface area contributed by atoms with Crippen molar-refractivity contribution in [2.45, 2.75) is 29.9 Å². The Kier molecular flexibility index (Phi) is 3.72. The normalized spacial score (nSPS) is 32.1. The summed E-state index contributed by atoms with van der Waals surface area (Å²) in [5.74, 6) is 0.678. The number of rotatable bonds is 4. The number of benzene rings is 1. The maximum Gasteiger partial charge on any atom is 0.291 e. The largest absolute Gasteiger partial charge is 0.459 e. The van der Waals surface area contributed by atoms with Crippen LogP contribution in [0.2, 0.25) is 0 Å². The molecule has 0 unspecified atom stereocenters. The number of nitrogens with one attached hydrogen (secondary N) is 1. The summed E-state index contributed by atoms with van der Waals surface area (Å²) in [5.41, 5.74) is 0.484. The molecule has 8 heteroatoms. The molecule has 2 aromatic rings. The Bertz CT molecular complexity index is 968. The molecule has 1 aliphatic heterocycles. The van der Waals surface area contributed by atoms with Gasteiger partial charge < -0.3 is 14.8 Å². The van der Waals surface area contributed by atoms with Crippen molar-refractivity contribution in [1.82, 2.24) is 4.31 Å². The zero-order valence-corrected chi connectivity index (χ0v) is 15.3. The molecule has 1 saturated heterocycles. The van der Waals surface area contributed by atoms with Gasteiger partial charge in [0.05, 0.1) is 23.3 Å². The number of furan rings is 1. The van der Waals surface area contributed by atoms with E-state index < -0.39 is 22.0 Å². The van der Waals surface area contributed by atoms with Gasteiger partial charge in [0.25, 0.3) is 5.91 Å². The predicted molar refractivity (Wildman–Crippen MR) is 96.5 cm³/mol. The quantitative estimate of drug-likeness (QED) is 0.834. The third-order valence-corrected chi connectivity index (χ3v) is 8.15. The summed E-state index contributed by atoms with van der Waals surface area (Å²) in [4.78, 5) is 12.2. The molecule has 7 nitrogen and oxygen atoms in total. The first kappa shape index (κ1) is 17.0. The van der Waals surface area contributed by atoms with Gasteiger partial charge in [-0.15, -0.1) is 0 Å². The zero-order chi connectivity index (χ0) is 18.8. The molecule has 1 amide bonds. The molecule has 3 aliphatic rings. The van der Waals surface area contributed by atoms with Gasteiger partial charge in [0.1, 0.15) is 0 Å². The molecule has 2 aliphatic carbocycles. The van der Waals surface area contributed by atoms with Gasteiger partial charge in [-0.1, -0.05) is 0 Å². The Labute approximate surface area is 157 Å². The lowest BCUT2D eigenvalue weighted by molar-refractivity contribution is 0.0731. The fraction of sp³-hybridized carbons (Fsp3) is 0.421. The number of fused-ring (bicyclic) bond motifs is 1. The van der Waals surface area contributed by atoms with Crippen LogP contribution in [0, 0.1) is 17.8 Å². The minimum atomic E-state index is -3.68. The van der Waals surface area contributed by atoms with Crippen LogP contribution in [0.4, 0.5) is 5.69 Å². The smallest absolute Gasteiger partial charge is 0.291 e. The Morgan fingerprint density at radius 3 is 2.59 bits per heavy atom. The lowest BCUT2D eigenvalue weighted by Gasteiger charge is -2.28. The van der Waals surface area contributed by atoms with E-state index in [9.17, 15) is 18.3 Å². The van der Waals surface area contributed by atoms with Crippen LogP contribution in [-0.2, 0) is 10.0 Å². The Hall–Kier alpha value is -2.16. The van der Waals surface area contributed by atoms with Crippen molar-refractivity contribution in [2.24, 2.45) is 17.8 Å². The second kappa shape index (κ2) is 5.92. The highest BCUT2D eigenvalue weighted by atomic mass is 32.2. The van der Waals surface area contributed by atoms with Gasteiger partial charge in [0.15, 0.2) is 5.76 Å². The van der Waals surface area contributed by atoms with Gasteiger partial charge >= 0.3 is 0 Å². The second-order valence-corrected chi connectivity index (χ2v) is 9.56. The number of hydrogen-bond acceptors (Lipinski definition) is 5. The van der Waals surface area contributed by atoms with Crippen molar-refractivity contribution in [3.63, 3.8) is 0 Å². The lowest BCUT2D eigenvalue weighted by atomic mass is 9.88. The van der Waals surface area contributed by atoms with Gasteiger partial charge in [-0.25, -0.2) is 8.42 Å². The zero-order valence-electron chi connectivity index (χ0n) is 14.5. The van der Waals surface area contributed by atoms with Crippen molar-refractivity contribution in [2.75, 3.05) is 11.9 Å². The van der Waals surface area contributed by atoms with Crippen LogP contribution >= 0.6 is 0 Å². The summed E-state index contributed by atoms with van der Waals surface area (Å²) in [6.45, 7) is 0.488. The summed E-state index contributed by atoms with van der Waals surface area (Å²) in [7, 11) is -3.68. The highest BCUT2D eigenvalue weighted by Crippen LogP contribution is 2.56. The van der Waals surface area contributed by atoms with E-state index in [1.165, 1.54) is 22.7 Å². The molecule has 1 aromatic carbocycles. The molecule has 5 rings (SSSR count). The van der Waals surface area contributed by atoms with Crippen molar-refractivity contribution in [3.8, 4) is 0 Å². The molecule has 1 aromatic heterocycles. The summed E-state index contributed by atoms with van der Waals surface area (Å²) >= 11 is 0. The van der Waals surface area contributed by atoms with E-state index >= 15 is 0 Å². The van der Waals surface area contributed by atoms with Crippen LogP contribution in [0.3, 0.4) is 0 Å². The highest BCUT2D eigenvalue weighted by Gasteiger charge is 2.61. The van der Waals surface area contributed by atoms with E-state index in [1.54, 1.807) is 24.3 Å². The molecule has 0 radical (unpaired) electrons. The standard InChI is InChI=1S/C19H20N2O5S/c22-18-11-8-12-10-21(17(18)15(12)9-11)27(24,25)14-5-3-13(4-6-14)20-19(23)16-2-1-7-26-16/h1-7,11-12,15,17-18,22H,8-10H2,(H,20,23)/t11-,12-,15+,17-,18+/m0/s1.